The number of hydrogen-bond donors (Lipinski definition) is 3. The summed E-state index contributed by atoms with van der Waals surface area (Å²) in [5.41, 5.74) is 5.26. The van der Waals surface area contributed by atoms with Crippen LogP contribution in [0.4, 0.5) is 0 Å². The molecule has 7 heteroatoms. The number of nitrogens with two attached hydrogens (primary N) is 1. The number of carbonyl (C=O) groups is 3. The molecule has 1 aliphatic carbocycles. The molecule has 1 saturated carbocycles. The first-order valence-corrected chi connectivity index (χ1v) is 11.6. The van der Waals surface area contributed by atoms with Crippen LogP contribution in [0.5, 0.6) is 0 Å². The van der Waals surface area contributed by atoms with Crippen molar-refractivity contribution in [1.82, 2.24) is 15.5 Å². The Kier molecular flexibility index (Phi) is 11.1. The SMILES string of the molecule is NC(=O)CCC(NCCCCCC(=O)NCC1CCCCC1)C(=O)N1CCCC1. The number of amides is 3. The smallest absolute Gasteiger partial charge is 0.239 e. The minimum atomic E-state index is -0.370. The van der Waals surface area contributed by atoms with Gasteiger partial charge in [0.1, 0.15) is 0 Å². The molecular weight excluding hydrogens is 368 g/mol. The van der Waals surface area contributed by atoms with Crippen molar-refractivity contribution in [1.29, 1.82) is 0 Å². The summed E-state index contributed by atoms with van der Waals surface area (Å²) >= 11 is 0. The van der Waals surface area contributed by atoms with E-state index >= 15 is 0 Å². The monoisotopic (exact) mass is 408 g/mol. The molecule has 2 aliphatic rings. The summed E-state index contributed by atoms with van der Waals surface area (Å²) < 4.78 is 0. The number of carbonyl (C=O) groups excluding carboxylic acids is 3. The normalized spacial score (nSPS) is 18.6. The van der Waals surface area contributed by atoms with Gasteiger partial charge in [0.15, 0.2) is 0 Å². The highest BCUT2D eigenvalue weighted by Crippen LogP contribution is 2.22. The van der Waals surface area contributed by atoms with E-state index in [-0.39, 0.29) is 30.2 Å². The maximum Gasteiger partial charge on any atom is 0.239 e. The van der Waals surface area contributed by atoms with Crippen molar-refractivity contribution < 1.29 is 14.4 Å². The third-order valence-corrected chi connectivity index (χ3v) is 6.18. The highest BCUT2D eigenvalue weighted by molar-refractivity contribution is 5.83. The van der Waals surface area contributed by atoms with Crippen molar-refractivity contribution in [3.8, 4) is 0 Å². The lowest BCUT2D eigenvalue weighted by Crippen LogP contribution is -2.46. The van der Waals surface area contributed by atoms with E-state index in [1.54, 1.807) is 0 Å². The minimum absolute atomic E-state index is 0.0887. The van der Waals surface area contributed by atoms with Gasteiger partial charge in [-0.25, -0.2) is 0 Å². The second-order valence-electron chi connectivity index (χ2n) is 8.66. The number of hydrogen-bond acceptors (Lipinski definition) is 4. The van der Waals surface area contributed by atoms with Crippen molar-refractivity contribution in [2.75, 3.05) is 26.2 Å². The Morgan fingerprint density at radius 3 is 2.34 bits per heavy atom. The second kappa shape index (κ2) is 13.6. The molecule has 0 radical (unpaired) electrons. The summed E-state index contributed by atoms with van der Waals surface area (Å²) in [6, 6.07) is -0.334. The van der Waals surface area contributed by atoms with Gasteiger partial charge in [-0.1, -0.05) is 25.7 Å². The van der Waals surface area contributed by atoms with Gasteiger partial charge in [0.2, 0.25) is 17.7 Å². The predicted molar refractivity (Wildman–Crippen MR) is 114 cm³/mol. The van der Waals surface area contributed by atoms with E-state index in [0.29, 0.717) is 25.3 Å². The standard InChI is InChI=1S/C22H40N4O3/c23-20(27)13-12-19(22(29)26-15-7-8-16-26)24-14-6-2-5-11-21(28)25-17-18-9-3-1-4-10-18/h18-19,24H,1-17H2,(H2,23,27)(H,25,28). The molecule has 0 spiro atoms. The van der Waals surface area contributed by atoms with Gasteiger partial charge in [-0.3, -0.25) is 14.4 Å². The average Bonchev–Trinajstić information content (AvgIpc) is 3.26. The Labute approximate surface area is 175 Å². The molecule has 0 aromatic heterocycles. The van der Waals surface area contributed by atoms with Gasteiger partial charge < -0.3 is 21.3 Å². The van der Waals surface area contributed by atoms with Crippen molar-refractivity contribution >= 4 is 17.7 Å². The maximum absolute atomic E-state index is 12.6. The van der Waals surface area contributed by atoms with Gasteiger partial charge in [-0.15, -0.1) is 0 Å². The van der Waals surface area contributed by atoms with Crippen LogP contribution >= 0.6 is 0 Å². The van der Waals surface area contributed by atoms with Gasteiger partial charge in [-0.05, 0) is 57.4 Å². The van der Waals surface area contributed by atoms with Crippen LogP contribution in [0.1, 0.15) is 83.5 Å². The lowest BCUT2D eigenvalue weighted by molar-refractivity contribution is -0.132. The van der Waals surface area contributed by atoms with Gasteiger partial charge in [0.25, 0.3) is 0 Å². The Bertz CT molecular complexity index is 514. The first-order valence-electron chi connectivity index (χ1n) is 11.6. The van der Waals surface area contributed by atoms with Crippen LogP contribution in [0.2, 0.25) is 0 Å². The zero-order chi connectivity index (χ0) is 20.9. The van der Waals surface area contributed by atoms with Crippen LogP contribution in [0, 0.1) is 5.92 Å². The first-order chi connectivity index (χ1) is 14.1. The number of primary amides is 1. The maximum atomic E-state index is 12.6. The molecule has 7 nitrogen and oxygen atoms in total. The van der Waals surface area contributed by atoms with Gasteiger partial charge in [0.05, 0.1) is 6.04 Å². The first kappa shape index (κ1) is 23.6. The third kappa shape index (κ3) is 9.61. The largest absolute Gasteiger partial charge is 0.370 e. The third-order valence-electron chi connectivity index (χ3n) is 6.18. The molecule has 0 bridgehead atoms. The van der Waals surface area contributed by atoms with Crippen LogP contribution in [0.25, 0.3) is 0 Å². The van der Waals surface area contributed by atoms with Crippen LogP contribution in [0.15, 0.2) is 0 Å². The Morgan fingerprint density at radius 2 is 1.66 bits per heavy atom. The van der Waals surface area contributed by atoms with E-state index in [1.165, 1.54) is 32.1 Å². The van der Waals surface area contributed by atoms with E-state index in [0.717, 1.165) is 51.7 Å². The van der Waals surface area contributed by atoms with Crippen molar-refractivity contribution in [3.63, 3.8) is 0 Å². The molecule has 166 valence electrons. The summed E-state index contributed by atoms with van der Waals surface area (Å²) in [6.07, 6.45) is 12.5. The van der Waals surface area contributed by atoms with Gasteiger partial charge >= 0.3 is 0 Å². The molecule has 1 saturated heterocycles. The number of rotatable bonds is 13. The molecular formula is C22H40N4O3. The highest BCUT2D eigenvalue weighted by Gasteiger charge is 2.26. The fourth-order valence-corrected chi connectivity index (χ4v) is 4.36. The summed E-state index contributed by atoms with van der Waals surface area (Å²) in [4.78, 5) is 37.6. The Balaban J connectivity index is 1.56. The quantitative estimate of drug-likeness (QED) is 0.406. The molecule has 1 aliphatic heterocycles. The van der Waals surface area contributed by atoms with E-state index in [4.69, 9.17) is 5.73 Å². The number of unbranched alkanes of at least 4 members (excludes halogenated alkanes) is 2. The number of likely N-dealkylation sites (tertiary alicyclic amines) is 1. The van der Waals surface area contributed by atoms with Crippen molar-refractivity contribution in [2.24, 2.45) is 11.7 Å². The summed E-state index contributed by atoms with van der Waals surface area (Å²) in [5, 5.41) is 6.40. The lowest BCUT2D eigenvalue weighted by atomic mass is 9.89. The molecule has 2 fully saturated rings. The molecule has 0 aromatic rings. The number of nitrogens with one attached hydrogen (secondary N) is 2. The zero-order valence-corrected chi connectivity index (χ0v) is 17.9. The fraction of sp³-hybridized carbons (Fsp3) is 0.864. The summed E-state index contributed by atoms with van der Waals surface area (Å²) in [7, 11) is 0. The van der Waals surface area contributed by atoms with Crippen LogP contribution in [-0.4, -0.2) is 54.8 Å². The fourth-order valence-electron chi connectivity index (χ4n) is 4.36. The zero-order valence-electron chi connectivity index (χ0n) is 17.9. The molecule has 4 N–H and O–H groups in total. The molecule has 1 unspecified atom stereocenters. The molecule has 0 aromatic carbocycles. The molecule has 2 rings (SSSR count). The second-order valence-corrected chi connectivity index (χ2v) is 8.66. The summed E-state index contributed by atoms with van der Waals surface area (Å²) in [5.74, 6) is 0.547. The van der Waals surface area contributed by atoms with E-state index in [2.05, 4.69) is 10.6 Å². The highest BCUT2D eigenvalue weighted by atomic mass is 16.2. The van der Waals surface area contributed by atoms with Crippen LogP contribution in [-0.2, 0) is 14.4 Å². The van der Waals surface area contributed by atoms with Crippen LogP contribution < -0.4 is 16.4 Å². The van der Waals surface area contributed by atoms with Gasteiger partial charge in [0, 0.05) is 32.5 Å². The summed E-state index contributed by atoms with van der Waals surface area (Å²) in [6.45, 7) is 3.17. The molecule has 1 heterocycles. The van der Waals surface area contributed by atoms with E-state index in [1.807, 2.05) is 4.90 Å². The Hall–Kier alpha value is -1.63. The topological polar surface area (TPSA) is 105 Å². The van der Waals surface area contributed by atoms with E-state index in [9.17, 15) is 14.4 Å². The molecule has 29 heavy (non-hydrogen) atoms. The molecule has 1 atom stereocenters. The number of nitrogens with zero attached hydrogens (tertiary/aromatic N) is 1. The average molecular weight is 409 g/mol. The van der Waals surface area contributed by atoms with Crippen LogP contribution in [0.3, 0.4) is 0 Å². The van der Waals surface area contributed by atoms with Crippen molar-refractivity contribution in [3.05, 3.63) is 0 Å². The van der Waals surface area contributed by atoms with Crippen molar-refractivity contribution in [2.45, 2.75) is 89.5 Å². The predicted octanol–water partition coefficient (Wildman–Crippen LogP) is 2.09. The Morgan fingerprint density at radius 1 is 0.931 bits per heavy atom. The van der Waals surface area contributed by atoms with E-state index < -0.39 is 0 Å². The minimum Gasteiger partial charge on any atom is -0.370 e. The molecule has 3 amide bonds. The lowest BCUT2D eigenvalue weighted by Gasteiger charge is -2.24. The van der Waals surface area contributed by atoms with Gasteiger partial charge in [-0.2, -0.15) is 0 Å².